The van der Waals surface area contributed by atoms with Crippen molar-refractivity contribution in [2.45, 2.75) is 52.6 Å². The average molecular weight is 378 g/mol. The molecule has 3 rings (SSSR count). The molecular formula is C24H26O4. The van der Waals surface area contributed by atoms with Crippen LogP contribution in [0.25, 0.3) is 0 Å². The molecule has 2 aromatic carbocycles. The Morgan fingerprint density at radius 1 is 1.04 bits per heavy atom. The number of aliphatic hydroxyl groups excluding tert-OH is 1. The Labute approximate surface area is 165 Å². The molecule has 0 spiro atoms. The van der Waals surface area contributed by atoms with E-state index in [9.17, 15) is 14.7 Å². The van der Waals surface area contributed by atoms with E-state index in [4.69, 9.17) is 4.74 Å². The van der Waals surface area contributed by atoms with Crippen LogP contribution in [-0.2, 0) is 16.2 Å². The molecule has 0 heterocycles. The number of aliphatic hydroxyl groups is 1. The minimum absolute atomic E-state index is 0.00290. The van der Waals surface area contributed by atoms with Crippen molar-refractivity contribution in [2.24, 2.45) is 0 Å². The molecule has 0 atom stereocenters. The van der Waals surface area contributed by atoms with Crippen LogP contribution in [0.1, 0.15) is 54.4 Å². The van der Waals surface area contributed by atoms with E-state index in [2.05, 4.69) is 0 Å². The Morgan fingerprint density at radius 3 is 2.14 bits per heavy atom. The quantitative estimate of drug-likeness (QED) is 0.446. The largest absolute Gasteiger partial charge is 0.511 e. The van der Waals surface area contributed by atoms with Crippen LogP contribution in [-0.4, -0.2) is 16.7 Å². The van der Waals surface area contributed by atoms with Crippen LogP contribution >= 0.6 is 0 Å². The van der Waals surface area contributed by atoms with Crippen LogP contribution in [0.15, 0.2) is 53.8 Å². The van der Waals surface area contributed by atoms with Crippen molar-refractivity contribution in [1.82, 2.24) is 0 Å². The second-order valence-electron chi connectivity index (χ2n) is 7.37. The predicted molar refractivity (Wildman–Crippen MR) is 109 cm³/mol. The molecule has 1 fully saturated rings. The van der Waals surface area contributed by atoms with E-state index >= 15 is 0 Å². The summed E-state index contributed by atoms with van der Waals surface area (Å²) < 4.78 is 5.93. The molecule has 1 N–H and O–H groups in total. The van der Waals surface area contributed by atoms with Gasteiger partial charge in [-0.2, -0.15) is 0 Å². The Bertz CT molecular complexity index is 882. The summed E-state index contributed by atoms with van der Waals surface area (Å²) in [5.41, 5.74) is 4.16. The molecule has 146 valence electrons. The maximum absolute atomic E-state index is 12.5. The molecule has 4 heteroatoms. The minimum Gasteiger partial charge on any atom is -0.511 e. The highest BCUT2D eigenvalue weighted by atomic mass is 16.5. The van der Waals surface area contributed by atoms with E-state index in [1.165, 1.54) is 0 Å². The fraction of sp³-hybridized carbons (Fsp3) is 0.333. The monoisotopic (exact) mass is 378 g/mol. The molecule has 1 saturated carbocycles. The molecule has 4 nitrogen and oxygen atoms in total. The number of rotatable bonds is 5. The van der Waals surface area contributed by atoms with E-state index < -0.39 is 0 Å². The van der Waals surface area contributed by atoms with Gasteiger partial charge in [0.25, 0.3) is 0 Å². The van der Waals surface area contributed by atoms with Crippen LogP contribution in [0.3, 0.4) is 0 Å². The molecule has 0 unspecified atom stereocenters. The van der Waals surface area contributed by atoms with E-state index in [1.807, 2.05) is 56.3 Å². The summed E-state index contributed by atoms with van der Waals surface area (Å²) in [5.74, 6) is 0.0102. The number of Topliss-reactive ketones (excluding diaryl/α,β-unsaturated/α-hetero) is 2. The first kappa shape index (κ1) is 19.9. The smallest absolute Gasteiger partial charge is 0.170 e. The first-order valence-electron chi connectivity index (χ1n) is 9.67. The summed E-state index contributed by atoms with van der Waals surface area (Å²) >= 11 is 0. The lowest BCUT2D eigenvalue weighted by Crippen LogP contribution is -2.27. The summed E-state index contributed by atoms with van der Waals surface area (Å²) in [6.07, 6.45) is 0.789. The Kier molecular flexibility index (Phi) is 5.98. The Balaban J connectivity index is 1.80. The second-order valence-corrected chi connectivity index (χ2v) is 7.37. The predicted octanol–water partition coefficient (Wildman–Crippen LogP) is 5.12. The minimum atomic E-state index is -0.260. The molecule has 28 heavy (non-hydrogen) atoms. The van der Waals surface area contributed by atoms with Crippen LogP contribution < -0.4 is 4.74 Å². The Morgan fingerprint density at radius 2 is 1.61 bits per heavy atom. The number of hydrogen-bond acceptors (Lipinski definition) is 4. The van der Waals surface area contributed by atoms with E-state index in [0.717, 1.165) is 28.0 Å². The highest BCUT2D eigenvalue weighted by Crippen LogP contribution is 2.37. The Hall–Kier alpha value is -2.88. The summed E-state index contributed by atoms with van der Waals surface area (Å²) in [6.45, 7) is 6.20. The van der Waals surface area contributed by atoms with Crippen LogP contribution in [0.2, 0.25) is 0 Å². The van der Waals surface area contributed by atoms with E-state index in [0.29, 0.717) is 13.0 Å². The molecular weight excluding hydrogens is 352 g/mol. The van der Waals surface area contributed by atoms with Gasteiger partial charge >= 0.3 is 0 Å². The van der Waals surface area contributed by atoms with Gasteiger partial charge in [0.1, 0.15) is 18.1 Å². The van der Waals surface area contributed by atoms with E-state index in [1.54, 1.807) is 6.92 Å². The van der Waals surface area contributed by atoms with Crippen LogP contribution in [0, 0.1) is 13.8 Å². The maximum atomic E-state index is 12.5. The number of carbonyl (C=O) groups is 2. The van der Waals surface area contributed by atoms with Crippen molar-refractivity contribution in [1.29, 1.82) is 0 Å². The van der Waals surface area contributed by atoms with Crippen molar-refractivity contribution in [3.05, 3.63) is 76.1 Å². The zero-order valence-corrected chi connectivity index (χ0v) is 16.6. The zero-order chi connectivity index (χ0) is 20.3. The molecule has 0 bridgehead atoms. The molecule has 0 saturated heterocycles. The molecule has 1 aliphatic carbocycles. The third kappa shape index (κ3) is 4.16. The lowest BCUT2D eigenvalue weighted by atomic mass is 9.76. The third-order valence-corrected chi connectivity index (χ3v) is 5.27. The van der Waals surface area contributed by atoms with Gasteiger partial charge in [0.2, 0.25) is 0 Å². The summed E-state index contributed by atoms with van der Waals surface area (Å²) in [7, 11) is 0. The summed E-state index contributed by atoms with van der Waals surface area (Å²) in [4.78, 5) is 24.9. The standard InChI is InChI=1S/C24H26O4/c1-4-20(25)24-21(26)12-18(13-22(24)27)23-15(2)10-19(11-16(23)3)28-14-17-8-6-5-7-9-17/h5-11,18,25H,4,12-14H2,1-3H3. The number of allylic oxidation sites excluding steroid dienone is 2. The summed E-state index contributed by atoms with van der Waals surface area (Å²) in [5, 5.41) is 9.90. The van der Waals surface area contributed by atoms with Gasteiger partial charge < -0.3 is 9.84 Å². The highest BCUT2D eigenvalue weighted by Gasteiger charge is 2.34. The number of ether oxygens (including phenoxy) is 1. The SMILES string of the molecule is CCC(O)=C1C(=O)CC(c2c(C)cc(OCc3ccccc3)cc2C)CC1=O. The average Bonchev–Trinajstić information content (AvgIpc) is 2.66. The molecule has 0 amide bonds. The first-order valence-corrected chi connectivity index (χ1v) is 9.67. The number of hydrogen-bond donors (Lipinski definition) is 1. The van der Waals surface area contributed by atoms with Crippen molar-refractivity contribution < 1.29 is 19.4 Å². The number of ketones is 2. The normalized spacial score (nSPS) is 17.0. The molecule has 0 aromatic heterocycles. The van der Waals surface area contributed by atoms with Crippen molar-refractivity contribution in [3.63, 3.8) is 0 Å². The topological polar surface area (TPSA) is 63.6 Å². The first-order chi connectivity index (χ1) is 13.4. The van der Waals surface area contributed by atoms with Gasteiger partial charge in [0.05, 0.1) is 5.57 Å². The third-order valence-electron chi connectivity index (χ3n) is 5.27. The van der Waals surface area contributed by atoms with Gasteiger partial charge in [0, 0.05) is 19.3 Å². The second kappa shape index (κ2) is 8.42. The number of aryl methyl sites for hydroxylation is 2. The molecule has 2 aromatic rings. The van der Waals surface area contributed by atoms with Crippen molar-refractivity contribution in [3.8, 4) is 5.75 Å². The maximum Gasteiger partial charge on any atom is 0.170 e. The lowest BCUT2D eigenvalue weighted by molar-refractivity contribution is -0.124. The fourth-order valence-electron chi connectivity index (χ4n) is 3.99. The van der Waals surface area contributed by atoms with Gasteiger partial charge in [-0.1, -0.05) is 37.3 Å². The number of carbonyl (C=O) groups excluding carboxylic acids is 2. The van der Waals surface area contributed by atoms with Gasteiger partial charge in [-0.05, 0) is 54.2 Å². The lowest BCUT2D eigenvalue weighted by Gasteiger charge is -2.26. The molecule has 0 aliphatic heterocycles. The van der Waals surface area contributed by atoms with Gasteiger partial charge in [0.15, 0.2) is 11.6 Å². The van der Waals surface area contributed by atoms with E-state index in [-0.39, 0.29) is 41.7 Å². The van der Waals surface area contributed by atoms with Crippen LogP contribution in [0.5, 0.6) is 5.75 Å². The molecule has 0 radical (unpaired) electrons. The van der Waals surface area contributed by atoms with Gasteiger partial charge in [-0.25, -0.2) is 0 Å². The molecule has 1 aliphatic rings. The number of benzene rings is 2. The van der Waals surface area contributed by atoms with Gasteiger partial charge in [-0.3, -0.25) is 9.59 Å². The summed E-state index contributed by atoms with van der Waals surface area (Å²) in [6, 6.07) is 13.9. The van der Waals surface area contributed by atoms with Crippen molar-refractivity contribution >= 4 is 11.6 Å². The van der Waals surface area contributed by atoms with Gasteiger partial charge in [-0.15, -0.1) is 0 Å². The zero-order valence-electron chi connectivity index (χ0n) is 16.6. The highest BCUT2D eigenvalue weighted by molar-refractivity contribution is 6.22. The van der Waals surface area contributed by atoms with Crippen LogP contribution in [0.4, 0.5) is 0 Å². The van der Waals surface area contributed by atoms with Crippen molar-refractivity contribution in [2.75, 3.05) is 0 Å². The fourth-order valence-corrected chi connectivity index (χ4v) is 3.99.